The smallest absolute Gasteiger partial charge is 0.462 e. The zero-order chi connectivity index (χ0) is 35.1. The van der Waals surface area contributed by atoms with Crippen LogP contribution in [-0.2, 0) is 32.7 Å². The lowest BCUT2D eigenvalue weighted by atomic mass is 10.1. The maximum Gasteiger partial charge on any atom is 0.472 e. The van der Waals surface area contributed by atoms with Crippen molar-refractivity contribution in [2.75, 3.05) is 47.5 Å². The average molecular weight is 689 g/mol. The Morgan fingerprint density at radius 3 is 1.74 bits per heavy atom. The number of hydrogen-bond donors (Lipinski definition) is 1. The van der Waals surface area contributed by atoms with Gasteiger partial charge in [0.05, 0.1) is 27.7 Å². The lowest BCUT2D eigenvalue weighted by molar-refractivity contribution is -0.870. The summed E-state index contributed by atoms with van der Waals surface area (Å²) in [6.07, 6.45) is 29.4. The van der Waals surface area contributed by atoms with Crippen molar-refractivity contribution in [2.45, 2.75) is 155 Å². The maximum absolute atomic E-state index is 12.6. The van der Waals surface area contributed by atoms with E-state index in [0.29, 0.717) is 17.4 Å². The summed E-state index contributed by atoms with van der Waals surface area (Å²) in [5, 5.41) is 0. The number of esters is 2. The monoisotopic (exact) mass is 688 g/mol. The quantitative estimate of drug-likeness (QED) is 0.0239. The molecule has 0 radical (unpaired) electrons. The Morgan fingerprint density at radius 2 is 1.17 bits per heavy atom. The van der Waals surface area contributed by atoms with E-state index in [4.69, 9.17) is 18.5 Å². The minimum Gasteiger partial charge on any atom is -0.462 e. The van der Waals surface area contributed by atoms with Gasteiger partial charge in [-0.25, -0.2) is 4.57 Å². The first kappa shape index (κ1) is 45.5. The molecule has 0 aliphatic heterocycles. The molecule has 0 aromatic carbocycles. The minimum atomic E-state index is -4.36. The first-order valence-electron chi connectivity index (χ1n) is 18.6. The van der Waals surface area contributed by atoms with E-state index in [0.717, 1.165) is 64.2 Å². The molecule has 47 heavy (non-hydrogen) atoms. The molecule has 0 aromatic rings. The van der Waals surface area contributed by atoms with Crippen LogP contribution in [0.4, 0.5) is 0 Å². The number of likely N-dealkylation sites (N-methyl/N-ethyl adjacent to an activating group) is 1. The van der Waals surface area contributed by atoms with Gasteiger partial charge in [0.15, 0.2) is 6.10 Å². The number of unbranched alkanes of at least 4 members (excludes halogenated alkanes) is 15. The number of nitrogens with zero attached hydrogens (tertiary/aromatic N) is 1. The van der Waals surface area contributed by atoms with Gasteiger partial charge in [-0.2, -0.15) is 0 Å². The largest absolute Gasteiger partial charge is 0.472 e. The summed E-state index contributed by atoms with van der Waals surface area (Å²) in [4.78, 5) is 35.0. The minimum absolute atomic E-state index is 0.0300. The van der Waals surface area contributed by atoms with Gasteiger partial charge in [-0.3, -0.25) is 18.6 Å². The third-order valence-corrected chi connectivity index (χ3v) is 8.72. The van der Waals surface area contributed by atoms with Gasteiger partial charge in [-0.15, -0.1) is 0 Å². The Labute approximate surface area is 288 Å². The number of hydrogen-bond acceptors (Lipinski definition) is 7. The Kier molecular flexibility index (Phi) is 29.6. The highest BCUT2D eigenvalue weighted by Gasteiger charge is 2.27. The number of rotatable bonds is 33. The second-order valence-electron chi connectivity index (χ2n) is 13.6. The van der Waals surface area contributed by atoms with Crippen molar-refractivity contribution in [1.82, 2.24) is 0 Å². The van der Waals surface area contributed by atoms with Crippen LogP contribution in [0.3, 0.4) is 0 Å². The van der Waals surface area contributed by atoms with E-state index in [2.05, 4.69) is 38.2 Å². The van der Waals surface area contributed by atoms with Gasteiger partial charge in [-0.05, 0) is 38.5 Å². The van der Waals surface area contributed by atoms with E-state index < -0.39 is 26.5 Å². The van der Waals surface area contributed by atoms with Crippen molar-refractivity contribution < 1.29 is 42.1 Å². The fourth-order valence-electron chi connectivity index (χ4n) is 4.73. The van der Waals surface area contributed by atoms with Crippen molar-refractivity contribution >= 4 is 19.8 Å². The van der Waals surface area contributed by atoms with Gasteiger partial charge in [0, 0.05) is 12.8 Å². The number of carbonyl (C=O) groups is 2. The van der Waals surface area contributed by atoms with E-state index in [1.807, 2.05) is 21.1 Å². The normalized spacial score (nSPS) is 14.1. The van der Waals surface area contributed by atoms with Crippen LogP contribution in [0.5, 0.6) is 0 Å². The molecule has 2 atom stereocenters. The molecular weight excluding hydrogens is 617 g/mol. The molecule has 0 amide bonds. The summed E-state index contributed by atoms with van der Waals surface area (Å²) >= 11 is 0. The van der Waals surface area contributed by atoms with Gasteiger partial charge in [0.25, 0.3) is 0 Å². The Bertz CT molecular complexity index is 871. The number of phosphoric ester groups is 1. The summed E-state index contributed by atoms with van der Waals surface area (Å²) in [5.41, 5.74) is 0. The van der Waals surface area contributed by atoms with Crippen LogP contribution in [0.15, 0.2) is 24.3 Å². The fraction of sp³-hybridized carbons (Fsp3) is 0.838. The Balaban J connectivity index is 4.48. The van der Waals surface area contributed by atoms with Crippen LogP contribution < -0.4 is 0 Å². The molecule has 0 saturated heterocycles. The van der Waals surface area contributed by atoms with Crippen molar-refractivity contribution in [2.24, 2.45) is 0 Å². The van der Waals surface area contributed by atoms with E-state index >= 15 is 0 Å². The SMILES string of the molecule is CCCC/C=C\C/C=C\CCCCCCCC(=O)O[C@H](COC(=O)CCCCCCCCCCC)COP(=O)(O)OCC[N+](C)(C)C. The molecule has 0 fully saturated rings. The van der Waals surface area contributed by atoms with Crippen LogP contribution in [-0.4, -0.2) is 74.9 Å². The number of allylic oxidation sites excluding steroid dienone is 4. The fourth-order valence-corrected chi connectivity index (χ4v) is 5.48. The summed E-state index contributed by atoms with van der Waals surface area (Å²) < 4.78 is 34.1. The lowest BCUT2D eigenvalue weighted by Crippen LogP contribution is -2.37. The standard InChI is InChI=1S/C37H70NO8P/c1-6-8-10-12-14-16-17-18-19-20-22-24-26-28-30-37(40)46-35(34-45-47(41,42)44-32-31-38(3,4)5)33-43-36(39)29-27-25-23-21-15-13-11-9-7-2/h12,14,17-18,35H,6-11,13,15-16,19-34H2,1-5H3/p+1/b14-12-,18-17-/t35-/m1/s1. The molecule has 276 valence electrons. The van der Waals surface area contributed by atoms with Crippen molar-refractivity contribution in [3.63, 3.8) is 0 Å². The van der Waals surface area contributed by atoms with Gasteiger partial charge in [0.1, 0.15) is 19.8 Å². The highest BCUT2D eigenvalue weighted by atomic mass is 31.2. The highest BCUT2D eigenvalue weighted by Crippen LogP contribution is 2.43. The maximum atomic E-state index is 12.6. The average Bonchev–Trinajstić information content (AvgIpc) is 3.01. The van der Waals surface area contributed by atoms with Crippen molar-refractivity contribution in [3.05, 3.63) is 24.3 Å². The first-order valence-corrected chi connectivity index (χ1v) is 20.1. The molecule has 0 aliphatic carbocycles. The number of ether oxygens (including phenoxy) is 2. The zero-order valence-corrected chi connectivity index (χ0v) is 31.7. The predicted molar refractivity (Wildman–Crippen MR) is 192 cm³/mol. The third-order valence-electron chi connectivity index (χ3n) is 7.73. The van der Waals surface area contributed by atoms with E-state index in [1.54, 1.807) is 0 Å². The molecule has 1 N–H and O–H groups in total. The molecule has 0 bridgehead atoms. The topological polar surface area (TPSA) is 108 Å². The number of quaternary nitrogens is 1. The van der Waals surface area contributed by atoms with Gasteiger partial charge >= 0.3 is 19.8 Å². The van der Waals surface area contributed by atoms with Crippen LogP contribution in [0.2, 0.25) is 0 Å². The first-order chi connectivity index (χ1) is 22.5. The van der Waals surface area contributed by atoms with Crippen molar-refractivity contribution in [1.29, 1.82) is 0 Å². The van der Waals surface area contributed by atoms with Crippen LogP contribution in [0, 0.1) is 0 Å². The van der Waals surface area contributed by atoms with Crippen LogP contribution in [0.25, 0.3) is 0 Å². The van der Waals surface area contributed by atoms with E-state index in [9.17, 15) is 19.0 Å². The molecule has 10 heteroatoms. The number of carbonyl (C=O) groups excluding carboxylic acids is 2. The molecule has 9 nitrogen and oxygen atoms in total. The molecule has 0 rings (SSSR count). The molecule has 0 spiro atoms. The number of phosphoric acid groups is 1. The summed E-state index contributed by atoms with van der Waals surface area (Å²) in [6, 6.07) is 0. The molecule has 0 aliphatic rings. The van der Waals surface area contributed by atoms with Crippen molar-refractivity contribution in [3.8, 4) is 0 Å². The van der Waals surface area contributed by atoms with Gasteiger partial charge in [-0.1, -0.05) is 122 Å². The van der Waals surface area contributed by atoms with Gasteiger partial charge < -0.3 is 18.9 Å². The summed E-state index contributed by atoms with van der Waals surface area (Å²) in [7, 11) is 1.47. The molecule has 0 saturated carbocycles. The molecule has 1 unspecified atom stereocenters. The summed E-state index contributed by atoms with van der Waals surface area (Å²) in [5.74, 6) is -0.819. The van der Waals surface area contributed by atoms with Gasteiger partial charge in [0.2, 0.25) is 0 Å². The molecular formula is C37H71NO8P+. The molecule has 0 heterocycles. The van der Waals surface area contributed by atoms with Crippen LogP contribution >= 0.6 is 7.82 Å². The highest BCUT2D eigenvalue weighted by molar-refractivity contribution is 7.47. The second-order valence-corrected chi connectivity index (χ2v) is 15.1. The van der Waals surface area contributed by atoms with Crippen LogP contribution in [0.1, 0.15) is 149 Å². The molecule has 0 aromatic heterocycles. The predicted octanol–water partition coefficient (Wildman–Crippen LogP) is 9.63. The summed E-state index contributed by atoms with van der Waals surface area (Å²) in [6.45, 7) is 4.32. The second kappa shape index (κ2) is 30.5. The van der Waals surface area contributed by atoms with E-state index in [1.165, 1.54) is 51.4 Å². The lowest BCUT2D eigenvalue weighted by Gasteiger charge is -2.24. The zero-order valence-electron chi connectivity index (χ0n) is 30.8. The van der Waals surface area contributed by atoms with E-state index in [-0.39, 0.29) is 32.0 Å². The Hall–Kier alpha value is -1.51. The third kappa shape index (κ3) is 34.2. The Morgan fingerprint density at radius 1 is 0.660 bits per heavy atom.